The van der Waals surface area contributed by atoms with E-state index >= 15 is 0 Å². The first-order valence-electron chi connectivity index (χ1n) is 7.81. The fourth-order valence-corrected chi connectivity index (χ4v) is 2.92. The van der Waals surface area contributed by atoms with E-state index in [4.69, 9.17) is 4.52 Å². The number of halogens is 1. The smallest absolute Gasteiger partial charge is 0.276 e. The Labute approximate surface area is 138 Å². The Hall–Kier alpha value is -2.95. The molecule has 1 atom stereocenters. The second-order valence-electron chi connectivity index (χ2n) is 5.80. The van der Waals surface area contributed by atoms with Crippen LogP contribution in [0.15, 0.2) is 65.2 Å². The molecule has 1 amide bonds. The summed E-state index contributed by atoms with van der Waals surface area (Å²) in [5.41, 5.74) is 2.10. The lowest BCUT2D eigenvalue weighted by Crippen LogP contribution is -2.45. The lowest BCUT2D eigenvalue weighted by Gasteiger charge is -2.40. The number of hydrogen-bond acceptors (Lipinski definition) is 3. The topological polar surface area (TPSA) is 46.3 Å². The number of carbonyl (C=O) groups is 1. The Kier molecular flexibility index (Phi) is 3.61. The minimum Gasteiger partial charge on any atom is -0.355 e. The summed E-state index contributed by atoms with van der Waals surface area (Å²) in [6.07, 6.45) is 0.862. The molecule has 0 N–H and O–H groups in total. The molecule has 1 fully saturated rings. The summed E-state index contributed by atoms with van der Waals surface area (Å²) < 4.78 is 18.4. The van der Waals surface area contributed by atoms with Gasteiger partial charge in [-0.25, -0.2) is 4.39 Å². The van der Waals surface area contributed by atoms with E-state index < -0.39 is 0 Å². The fraction of sp³-hybridized carbons (Fsp3) is 0.158. The summed E-state index contributed by atoms with van der Waals surface area (Å²) >= 11 is 0. The van der Waals surface area contributed by atoms with Gasteiger partial charge in [-0.2, -0.15) is 0 Å². The second-order valence-corrected chi connectivity index (χ2v) is 5.80. The van der Waals surface area contributed by atoms with Gasteiger partial charge in [0.2, 0.25) is 0 Å². The van der Waals surface area contributed by atoms with Crippen molar-refractivity contribution in [3.8, 4) is 11.3 Å². The highest BCUT2D eigenvalue weighted by molar-refractivity contribution is 5.94. The molecule has 4 rings (SSSR count). The molecule has 2 heterocycles. The molecule has 120 valence electrons. The van der Waals surface area contributed by atoms with Gasteiger partial charge in [-0.3, -0.25) is 4.79 Å². The first-order valence-corrected chi connectivity index (χ1v) is 7.81. The van der Waals surface area contributed by atoms with Crippen molar-refractivity contribution in [2.45, 2.75) is 12.5 Å². The maximum atomic E-state index is 13.1. The first kappa shape index (κ1) is 14.6. The van der Waals surface area contributed by atoms with Crippen LogP contribution < -0.4 is 0 Å². The molecular weight excluding hydrogens is 307 g/mol. The Balaban J connectivity index is 1.54. The fourth-order valence-electron chi connectivity index (χ4n) is 2.92. The summed E-state index contributed by atoms with van der Waals surface area (Å²) in [6, 6.07) is 17.4. The third-order valence-corrected chi connectivity index (χ3v) is 4.32. The van der Waals surface area contributed by atoms with Gasteiger partial charge in [0.25, 0.3) is 5.91 Å². The SMILES string of the molecule is O=C(c1cc(-c2ccccc2)on1)N1CC[C@@H]1c1ccc(F)cc1. The van der Waals surface area contributed by atoms with Crippen LogP contribution in [0, 0.1) is 5.82 Å². The standard InChI is InChI=1S/C19H15FN2O2/c20-15-8-6-13(7-9-15)17-10-11-22(17)19(23)16-12-18(24-21-16)14-4-2-1-3-5-14/h1-9,12,17H,10-11H2/t17-/m1/s1. The highest BCUT2D eigenvalue weighted by atomic mass is 19.1. The minimum absolute atomic E-state index is 0.0324. The van der Waals surface area contributed by atoms with Gasteiger partial charge < -0.3 is 9.42 Å². The van der Waals surface area contributed by atoms with Crippen LogP contribution >= 0.6 is 0 Å². The predicted octanol–water partition coefficient (Wildman–Crippen LogP) is 4.07. The number of aromatic nitrogens is 1. The van der Waals surface area contributed by atoms with Crippen LogP contribution in [0.25, 0.3) is 11.3 Å². The van der Waals surface area contributed by atoms with Crippen molar-refractivity contribution in [3.05, 3.63) is 77.7 Å². The minimum atomic E-state index is -0.278. The molecule has 0 unspecified atom stereocenters. The molecule has 0 saturated carbocycles. The van der Waals surface area contributed by atoms with Crippen molar-refractivity contribution in [1.29, 1.82) is 0 Å². The van der Waals surface area contributed by atoms with Crippen molar-refractivity contribution in [2.24, 2.45) is 0 Å². The zero-order chi connectivity index (χ0) is 16.5. The Morgan fingerprint density at radius 1 is 1.12 bits per heavy atom. The second kappa shape index (κ2) is 5.92. The van der Waals surface area contributed by atoms with Gasteiger partial charge in [0.1, 0.15) is 5.82 Å². The highest BCUT2D eigenvalue weighted by Gasteiger charge is 2.35. The molecule has 0 spiro atoms. The number of rotatable bonds is 3. The van der Waals surface area contributed by atoms with Crippen LogP contribution in [0.5, 0.6) is 0 Å². The first-order chi connectivity index (χ1) is 11.7. The van der Waals surface area contributed by atoms with Crippen molar-refractivity contribution in [3.63, 3.8) is 0 Å². The molecule has 1 aliphatic rings. The van der Waals surface area contributed by atoms with E-state index in [1.165, 1.54) is 12.1 Å². The molecule has 5 heteroatoms. The van der Waals surface area contributed by atoms with Crippen molar-refractivity contribution >= 4 is 5.91 Å². The average Bonchev–Trinajstić information content (AvgIpc) is 3.07. The highest BCUT2D eigenvalue weighted by Crippen LogP contribution is 2.34. The van der Waals surface area contributed by atoms with Crippen molar-refractivity contribution in [2.75, 3.05) is 6.54 Å². The van der Waals surface area contributed by atoms with Gasteiger partial charge in [0, 0.05) is 18.2 Å². The molecule has 1 saturated heterocycles. The van der Waals surface area contributed by atoms with E-state index in [0.717, 1.165) is 17.5 Å². The van der Waals surface area contributed by atoms with Crippen molar-refractivity contribution in [1.82, 2.24) is 10.1 Å². The number of hydrogen-bond donors (Lipinski definition) is 0. The number of benzene rings is 2. The zero-order valence-electron chi connectivity index (χ0n) is 12.9. The van der Waals surface area contributed by atoms with Crippen LogP contribution in [0.3, 0.4) is 0 Å². The normalized spacial score (nSPS) is 16.7. The van der Waals surface area contributed by atoms with Gasteiger partial charge in [-0.15, -0.1) is 0 Å². The van der Waals surface area contributed by atoms with Crippen LogP contribution in [0.1, 0.15) is 28.5 Å². The largest absolute Gasteiger partial charge is 0.355 e. The van der Waals surface area contributed by atoms with Gasteiger partial charge in [0.05, 0.1) is 6.04 Å². The molecule has 0 radical (unpaired) electrons. The van der Waals surface area contributed by atoms with E-state index in [-0.39, 0.29) is 17.8 Å². The molecule has 2 aromatic carbocycles. The molecule has 4 nitrogen and oxygen atoms in total. The summed E-state index contributed by atoms with van der Waals surface area (Å²) in [4.78, 5) is 14.4. The third-order valence-electron chi connectivity index (χ3n) is 4.32. The van der Waals surface area contributed by atoms with Gasteiger partial charge in [-0.1, -0.05) is 47.6 Å². The van der Waals surface area contributed by atoms with Crippen molar-refractivity contribution < 1.29 is 13.7 Å². The zero-order valence-corrected chi connectivity index (χ0v) is 12.9. The predicted molar refractivity (Wildman–Crippen MR) is 86.7 cm³/mol. The van der Waals surface area contributed by atoms with Gasteiger partial charge in [-0.05, 0) is 24.1 Å². The molecule has 1 aliphatic heterocycles. The van der Waals surface area contributed by atoms with Crippen LogP contribution in [-0.4, -0.2) is 22.5 Å². The maximum Gasteiger partial charge on any atom is 0.276 e. The van der Waals surface area contributed by atoms with Gasteiger partial charge >= 0.3 is 0 Å². The van der Waals surface area contributed by atoms with Crippen LogP contribution in [-0.2, 0) is 0 Å². The molecular formula is C19H15FN2O2. The summed E-state index contributed by atoms with van der Waals surface area (Å²) in [5, 5.41) is 3.91. The summed E-state index contributed by atoms with van der Waals surface area (Å²) in [5.74, 6) is 0.124. The average molecular weight is 322 g/mol. The molecule has 0 bridgehead atoms. The Morgan fingerprint density at radius 2 is 1.88 bits per heavy atom. The number of nitrogens with zero attached hydrogens (tertiary/aromatic N) is 2. The number of likely N-dealkylation sites (tertiary alicyclic amines) is 1. The quantitative estimate of drug-likeness (QED) is 0.730. The monoisotopic (exact) mass is 322 g/mol. The molecule has 1 aromatic heterocycles. The molecule has 24 heavy (non-hydrogen) atoms. The lowest BCUT2D eigenvalue weighted by atomic mass is 9.94. The summed E-state index contributed by atoms with van der Waals surface area (Å²) in [7, 11) is 0. The van der Waals surface area contributed by atoms with Crippen LogP contribution in [0.4, 0.5) is 4.39 Å². The number of amides is 1. The van der Waals surface area contributed by atoms with E-state index in [2.05, 4.69) is 5.16 Å². The van der Waals surface area contributed by atoms with Crippen LogP contribution in [0.2, 0.25) is 0 Å². The van der Waals surface area contributed by atoms with Gasteiger partial charge in [0.15, 0.2) is 11.5 Å². The third kappa shape index (κ3) is 2.58. The van der Waals surface area contributed by atoms with E-state index in [0.29, 0.717) is 18.0 Å². The van der Waals surface area contributed by atoms with E-state index in [9.17, 15) is 9.18 Å². The molecule has 3 aromatic rings. The number of carbonyl (C=O) groups excluding carboxylic acids is 1. The summed E-state index contributed by atoms with van der Waals surface area (Å²) in [6.45, 7) is 0.661. The Bertz CT molecular complexity index is 859. The maximum absolute atomic E-state index is 13.1. The Morgan fingerprint density at radius 3 is 2.54 bits per heavy atom. The molecule has 0 aliphatic carbocycles. The van der Waals surface area contributed by atoms with E-state index in [1.54, 1.807) is 23.1 Å². The lowest BCUT2D eigenvalue weighted by molar-refractivity contribution is 0.0450. The van der Waals surface area contributed by atoms with E-state index in [1.807, 2.05) is 30.3 Å².